The molecular weight excluding hydrogens is 366 g/mol. The van der Waals surface area contributed by atoms with E-state index in [9.17, 15) is 18.5 Å². The molecule has 0 radical (unpaired) electrons. The lowest BCUT2D eigenvalue weighted by Gasteiger charge is -2.34. The first-order chi connectivity index (χ1) is 12.8. The Kier molecular flexibility index (Phi) is 5.59. The second-order valence-corrected chi connectivity index (χ2v) is 8.87. The third-order valence-electron chi connectivity index (χ3n) is 4.69. The van der Waals surface area contributed by atoms with Gasteiger partial charge in [0.1, 0.15) is 0 Å². The number of non-ortho nitro benzene ring substituents is 1. The van der Waals surface area contributed by atoms with Crippen LogP contribution in [0.4, 0.5) is 5.69 Å². The van der Waals surface area contributed by atoms with Gasteiger partial charge in [0.15, 0.2) is 0 Å². The van der Waals surface area contributed by atoms with Crippen molar-refractivity contribution < 1.29 is 13.3 Å². The van der Waals surface area contributed by atoms with Crippen LogP contribution < -0.4 is 0 Å². The first kappa shape index (κ1) is 19.5. The van der Waals surface area contributed by atoms with Crippen LogP contribution in [0.25, 0.3) is 0 Å². The van der Waals surface area contributed by atoms with Crippen LogP contribution in [-0.4, -0.2) is 48.7 Å². The fourth-order valence-corrected chi connectivity index (χ4v) is 4.92. The first-order valence-corrected chi connectivity index (χ1v) is 10.2. The highest BCUT2D eigenvalue weighted by molar-refractivity contribution is 7.89. The summed E-state index contributed by atoms with van der Waals surface area (Å²) < 4.78 is 27.0. The average molecular weight is 389 g/mol. The van der Waals surface area contributed by atoms with Crippen molar-refractivity contribution in [2.45, 2.75) is 25.3 Å². The van der Waals surface area contributed by atoms with Gasteiger partial charge in [-0.3, -0.25) is 15.0 Å². The highest BCUT2D eigenvalue weighted by atomic mass is 32.2. The molecule has 144 valence electrons. The number of nitro benzene ring substituents is 1. The summed E-state index contributed by atoms with van der Waals surface area (Å²) in [4.78, 5) is 12.5. The topological polar surface area (TPSA) is 83.8 Å². The van der Waals surface area contributed by atoms with Crippen LogP contribution >= 0.6 is 0 Å². The van der Waals surface area contributed by atoms with Crippen molar-refractivity contribution in [1.82, 2.24) is 9.21 Å². The number of hydrogen-bond acceptors (Lipinski definition) is 5. The highest BCUT2D eigenvalue weighted by Crippen LogP contribution is 2.22. The molecule has 0 aromatic heterocycles. The quantitative estimate of drug-likeness (QED) is 0.580. The van der Waals surface area contributed by atoms with Gasteiger partial charge in [0.25, 0.3) is 5.69 Å². The number of piperazine rings is 1. The zero-order valence-corrected chi connectivity index (χ0v) is 16.3. The van der Waals surface area contributed by atoms with Gasteiger partial charge in [-0.15, -0.1) is 0 Å². The van der Waals surface area contributed by atoms with E-state index in [0.29, 0.717) is 26.2 Å². The molecule has 2 aromatic rings. The van der Waals surface area contributed by atoms with E-state index in [1.165, 1.54) is 39.2 Å². The van der Waals surface area contributed by atoms with Crippen molar-refractivity contribution in [3.63, 3.8) is 0 Å². The van der Waals surface area contributed by atoms with Gasteiger partial charge in [-0.25, -0.2) is 8.42 Å². The standard InChI is InChI=1S/C19H23N3O4S/c1-15-10-16(2)12-17(11-15)14-20-6-8-21(9-7-20)27(25,26)19-5-3-4-18(13-19)22(23)24/h3-5,10-13H,6-9,14H2,1-2H3. The van der Waals surface area contributed by atoms with Crippen LogP contribution in [0, 0.1) is 24.0 Å². The molecule has 0 saturated carbocycles. The second kappa shape index (κ2) is 7.75. The number of sulfonamides is 1. The summed E-state index contributed by atoms with van der Waals surface area (Å²) in [6, 6.07) is 11.7. The fraction of sp³-hybridized carbons (Fsp3) is 0.368. The lowest BCUT2D eigenvalue weighted by Crippen LogP contribution is -2.48. The minimum atomic E-state index is -3.73. The Morgan fingerprint density at radius 1 is 1.00 bits per heavy atom. The molecule has 1 aliphatic heterocycles. The Labute approximate surface area is 159 Å². The lowest BCUT2D eigenvalue weighted by molar-refractivity contribution is -0.385. The Hall–Kier alpha value is -2.29. The van der Waals surface area contributed by atoms with E-state index >= 15 is 0 Å². The molecule has 2 aromatic carbocycles. The Morgan fingerprint density at radius 3 is 2.22 bits per heavy atom. The Balaban J connectivity index is 1.67. The van der Waals surface area contributed by atoms with Crippen molar-refractivity contribution in [3.05, 3.63) is 69.3 Å². The van der Waals surface area contributed by atoms with E-state index in [-0.39, 0.29) is 10.6 Å². The molecule has 0 bridgehead atoms. The number of nitro groups is 1. The minimum absolute atomic E-state index is 0.0283. The molecular formula is C19H23N3O4S. The zero-order chi connectivity index (χ0) is 19.6. The van der Waals surface area contributed by atoms with Crippen molar-refractivity contribution in [2.75, 3.05) is 26.2 Å². The van der Waals surface area contributed by atoms with Crippen LogP contribution in [0.15, 0.2) is 47.4 Å². The first-order valence-electron chi connectivity index (χ1n) is 8.80. The Morgan fingerprint density at radius 2 is 1.63 bits per heavy atom. The fourth-order valence-electron chi connectivity index (χ4n) is 3.45. The number of benzene rings is 2. The van der Waals surface area contributed by atoms with E-state index in [1.54, 1.807) is 0 Å². The van der Waals surface area contributed by atoms with Crippen LogP contribution in [0.1, 0.15) is 16.7 Å². The molecule has 1 saturated heterocycles. The van der Waals surface area contributed by atoms with Gasteiger partial charge in [-0.1, -0.05) is 35.4 Å². The van der Waals surface area contributed by atoms with E-state index in [4.69, 9.17) is 0 Å². The van der Waals surface area contributed by atoms with Crippen molar-refractivity contribution in [2.24, 2.45) is 0 Å². The van der Waals surface area contributed by atoms with Gasteiger partial charge >= 0.3 is 0 Å². The van der Waals surface area contributed by atoms with Gasteiger partial charge in [0, 0.05) is 44.9 Å². The monoisotopic (exact) mass is 389 g/mol. The molecule has 1 fully saturated rings. The summed E-state index contributed by atoms with van der Waals surface area (Å²) in [5.74, 6) is 0. The van der Waals surface area contributed by atoms with Crippen molar-refractivity contribution in [1.29, 1.82) is 0 Å². The van der Waals surface area contributed by atoms with Gasteiger partial charge in [0.2, 0.25) is 10.0 Å². The number of rotatable bonds is 5. The number of hydrogen-bond donors (Lipinski definition) is 0. The van der Waals surface area contributed by atoms with E-state index in [1.807, 2.05) is 0 Å². The molecule has 0 unspecified atom stereocenters. The van der Waals surface area contributed by atoms with Crippen LogP contribution in [0.5, 0.6) is 0 Å². The van der Waals surface area contributed by atoms with Crippen LogP contribution in [0.3, 0.4) is 0 Å². The predicted molar refractivity (Wildman–Crippen MR) is 103 cm³/mol. The normalized spacial score (nSPS) is 16.4. The molecule has 7 nitrogen and oxygen atoms in total. The number of aryl methyl sites for hydroxylation is 2. The molecule has 0 N–H and O–H groups in total. The largest absolute Gasteiger partial charge is 0.296 e. The molecule has 27 heavy (non-hydrogen) atoms. The predicted octanol–water partition coefficient (Wildman–Crippen LogP) is 2.72. The molecule has 1 aliphatic rings. The maximum Gasteiger partial charge on any atom is 0.270 e. The van der Waals surface area contributed by atoms with Gasteiger partial charge in [-0.2, -0.15) is 4.31 Å². The summed E-state index contributed by atoms with van der Waals surface area (Å²) in [6.07, 6.45) is 0. The Bertz CT molecular complexity index is 931. The summed E-state index contributed by atoms with van der Waals surface area (Å²) >= 11 is 0. The highest BCUT2D eigenvalue weighted by Gasteiger charge is 2.29. The summed E-state index contributed by atoms with van der Waals surface area (Å²) in [6.45, 7) is 6.92. The lowest BCUT2D eigenvalue weighted by atomic mass is 10.1. The third kappa shape index (κ3) is 4.52. The van der Waals surface area contributed by atoms with Gasteiger partial charge in [0.05, 0.1) is 9.82 Å². The molecule has 0 spiro atoms. The maximum atomic E-state index is 12.8. The zero-order valence-electron chi connectivity index (χ0n) is 15.5. The smallest absolute Gasteiger partial charge is 0.270 e. The molecule has 1 heterocycles. The van der Waals surface area contributed by atoms with Crippen LogP contribution in [-0.2, 0) is 16.6 Å². The maximum absolute atomic E-state index is 12.8. The molecule has 0 amide bonds. The molecule has 3 rings (SSSR count). The van der Waals surface area contributed by atoms with E-state index in [0.717, 1.165) is 12.6 Å². The van der Waals surface area contributed by atoms with E-state index < -0.39 is 14.9 Å². The summed E-state index contributed by atoms with van der Waals surface area (Å²) in [5.41, 5.74) is 3.45. The average Bonchev–Trinajstić information content (AvgIpc) is 2.61. The molecule has 0 aliphatic carbocycles. The second-order valence-electron chi connectivity index (χ2n) is 6.93. The third-order valence-corrected chi connectivity index (χ3v) is 6.58. The van der Waals surface area contributed by atoms with Gasteiger partial charge < -0.3 is 0 Å². The SMILES string of the molecule is Cc1cc(C)cc(CN2CCN(S(=O)(=O)c3cccc([N+](=O)[O-])c3)CC2)c1. The summed E-state index contributed by atoms with van der Waals surface area (Å²) in [5, 5.41) is 10.9. The molecule has 8 heteroatoms. The minimum Gasteiger partial charge on any atom is -0.296 e. The summed E-state index contributed by atoms with van der Waals surface area (Å²) in [7, 11) is -3.73. The van der Waals surface area contributed by atoms with Crippen molar-refractivity contribution >= 4 is 15.7 Å². The number of nitrogens with zero attached hydrogens (tertiary/aromatic N) is 3. The van der Waals surface area contributed by atoms with Crippen molar-refractivity contribution in [3.8, 4) is 0 Å². The van der Waals surface area contributed by atoms with E-state index in [2.05, 4.69) is 36.9 Å². The van der Waals surface area contributed by atoms with Crippen LogP contribution in [0.2, 0.25) is 0 Å². The molecule has 0 atom stereocenters. The van der Waals surface area contributed by atoms with Gasteiger partial charge in [-0.05, 0) is 25.5 Å².